The van der Waals surface area contributed by atoms with Crippen molar-refractivity contribution in [2.75, 3.05) is 26.2 Å². The van der Waals surface area contributed by atoms with Crippen molar-refractivity contribution in [3.8, 4) is 5.75 Å². The lowest BCUT2D eigenvalue weighted by Gasteiger charge is -2.30. The van der Waals surface area contributed by atoms with E-state index >= 15 is 0 Å². The number of nitrogens with zero attached hydrogens (tertiary/aromatic N) is 1. The second-order valence-electron chi connectivity index (χ2n) is 5.49. The highest BCUT2D eigenvalue weighted by molar-refractivity contribution is 5.75. The standard InChI is InChI=1S/C16H22N2O4/c1-12-2-4-14(5-3-12)22-11-8-17-16(21)18-9-6-13(7-10-18)15(19)20/h2-5,13H,6-11H2,1H3,(H,17,21)(H,19,20). The molecular weight excluding hydrogens is 284 g/mol. The normalized spacial score (nSPS) is 15.4. The van der Waals surface area contributed by atoms with E-state index in [1.54, 1.807) is 4.90 Å². The minimum Gasteiger partial charge on any atom is -0.492 e. The lowest BCUT2D eigenvalue weighted by Crippen LogP contribution is -2.46. The summed E-state index contributed by atoms with van der Waals surface area (Å²) >= 11 is 0. The molecule has 2 rings (SSSR count). The number of benzene rings is 1. The highest BCUT2D eigenvalue weighted by Gasteiger charge is 2.26. The van der Waals surface area contributed by atoms with E-state index in [4.69, 9.17) is 9.84 Å². The molecule has 0 saturated carbocycles. The zero-order valence-electron chi connectivity index (χ0n) is 12.7. The number of ether oxygens (including phenoxy) is 1. The van der Waals surface area contributed by atoms with E-state index in [1.165, 1.54) is 5.56 Å². The number of likely N-dealkylation sites (tertiary alicyclic amines) is 1. The molecule has 0 bridgehead atoms. The summed E-state index contributed by atoms with van der Waals surface area (Å²) in [7, 11) is 0. The molecule has 0 unspecified atom stereocenters. The zero-order valence-corrected chi connectivity index (χ0v) is 12.7. The Hall–Kier alpha value is -2.24. The molecule has 2 N–H and O–H groups in total. The number of hydrogen-bond acceptors (Lipinski definition) is 3. The summed E-state index contributed by atoms with van der Waals surface area (Å²) in [6.45, 7) is 3.81. The summed E-state index contributed by atoms with van der Waals surface area (Å²) in [5.41, 5.74) is 1.17. The summed E-state index contributed by atoms with van der Waals surface area (Å²) in [6.07, 6.45) is 1.03. The summed E-state index contributed by atoms with van der Waals surface area (Å²) in [4.78, 5) is 24.5. The predicted molar refractivity (Wildman–Crippen MR) is 82.0 cm³/mol. The number of hydrogen-bond donors (Lipinski definition) is 2. The lowest BCUT2D eigenvalue weighted by atomic mass is 9.97. The molecule has 1 fully saturated rings. The first-order valence-electron chi connectivity index (χ1n) is 7.51. The molecule has 6 nitrogen and oxygen atoms in total. The monoisotopic (exact) mass is 306 g/mol. The maximum absolute atomic E-state index is 11.9. The quantitative estimate of drug-likeness (QED) is 0.814. The molecule has 1 aliphatic rings. The molecule has 0 spiro atoms. The van der Waals surface area contributed by atoms with Gasteiger partial charge in [-0.25, -0.2) is 4.79 Å². The summed E-state index contributed by atoms with van der Waals surface area (Å²) < 4.78 is 5.54. The number of rotatable bonds is 5. The van der Waals surface area contributed by atoms with Gasteiger partial charge in [-0.05, 0) is 31.9 Å². The van der Waals surface area contributed by atoms with Gasteiger partial charge < -0.3 is 20.1 Å². The Bertz CT molecular complexity index is 507. The van der Waals surface area contributed by atoms with E-state index < -0.39 is 5.97 Å². The maximum atomic E-state index is 11.9. The minimum absolute atomic E-state index is 0.156. The van der Waals surface area contributed by atoms with Gasteiger partial charge in [-0.2, -0.15) is 0 Å². The number of piperidine rings is 1. The summed E-state index contributed by atoms with van der Waals surface area (Å²) in [5, 5.41) is 11.7. The second-order valence-corrected chi connectivity index (χ2v) is 5.49. The van der Waals surface area contributed by atoms with Crippen LogP contribution in [0.5, 0.6) is 5.75 Å². The van der Waals surface area contributed by atoms with Crippen molar-refractivity contribution in [3.63, 3.8) is 0 Å². The molecule has 120 valence electrons. The molecule has 2 amide bonds. The molecule has 0 radical (unpaired) electrons. The molecule has 0 aromatic heterocycles. The number of aryl methyl sites for hydroxylation is 1. The molecule has 1 saturated heterocycles. The van der Waals surface area contributed by atoms with Gasteiger partial charge in [0.25, 0.3) is 0 Å². The van der Waals surface area contributed by atoms with Crippen LogP contribution in [0, 0.1) is 12.8 Å². The number of nitrogens with one attached hydrogen (secondary N) is 1. The molecule has 6 heteroatoms. The van der Waals surface area contributed by atoms with Gasteiger partial charge in [0.2, 0.25) is 0 Å². The average molecular weight is 306 g/mol. The van der Waals surface area contributed by atoms with Gasteiger partial charge >= 0.3 is 12.0 Å². The van der Waals surface area contributed by atoms with Crippen LogP contribution in [0.1, 0.15) is 18.4 Å². The Balaban J connectivity index is 1.64. The minimum atomic E-state index is -0.772. The van der Waals surface area contributed by atoms with E-state index in [-0.39, 0.29) is 11.9 Å². The topological polar surface area (TPSA) is 78.9 Å². The number of carboxylic acid groups (broad SMARTS) is 1. The fourth-order valence-corrected chi connectivity index (χ4v) is 2.40. The Kier molecular flexibility index (Phi) is 5.63. The number of carbonyl (C=O) groups excluding carboxylic acids is 1. The van der Waals surface area contributed by atoms with Gasteiger partial charge in [-0.1, -0.05) is 17.7 Å². The van der Waals surface area contributed by atoms with Crippen LogP contribution in [-0.2, 0) is 4.79 Å². The van der Waals surface area contributed by atoms with E-state index in [2.05, 4.69) is 5.32 Å². The van der Waals surface area contributed by atoms with Crippen molar-refractivity contribution < 1.29 is 19.4 Å². The van der Waals surface area contributed by atoms with Gasteiger partial charge in [0.05, 0.1) is 12.5 Å². The van der Waals surface area contributed by atoms with E-state index in [9.17, 15) is 9.59 Å². The largest absolute Gasteiger partial charge is 0.492 e. The van der Waals surface area contributed by atoms with Gasteiger partial charge in [0.1, 0.15) is 12.4 Å². The van der Waals surface area contributed by atoms with Gasteiger partial charge in [0.15, 0.2) is 0 Å². The van der Waals surface area contributed by atoms with Crippen molar-refractivity contribution in [1.29, 1.82) is 0 Å². The SMILES string of the molecule is Cc1ccc(OCCNC(=O)N2CCC(C(=O)O)CC2)cc1. The Morgan fingerprint density at radius 2 is 1.91 bits per heavy atom. The molecule has 0 aliphatic carbocycles. The number of urea groups is 1. The lowest BCUT2D eigenvalue weighted by molar-refractivity contribution is -0.143. The molecule has 22 heavy (non-hydrogen) atoms. The Labute approximate surface area is 130 Å². The summed E-state index contributed by atoms with van der Waals surface area (Å²) in [6, 6.07) is 7.58. The first-order valence-corrected chi connectivity index (χ1v) is 7.51. The van der Waals surface area contributed by atoms with Crippen molar-refractivity contribution in [2.45, 2.75) is 19.8 Å². The molecule has 0 atom stereocenters. The van der Waals surface area contributed by atoms with Gasteiger partial charge in [-0.3, -0.25) is 4.79 Å². The first-order chi connectivity index (χ1) is 10.6. The van der Waals surface area contributed by atoms with Crippen LogP contribution in [0.3, 0.4) is 0 Å². The molecule has 1 heterocycles. The van der Waals surface area contributed by atoms with Crippen LogP contribution in [0.4, 0.5) is 4.79 Å². The van der Waals surface area contributed by atoms with Crippen molar-refractivity contribution in [2.24, 2.45) is 5.92 Å². The highest BCUT2D eigenvalue weighted by atomic mass is 16.5. The highest BCUT2D eigenvalue weighted by Crippen LogP contribution is 2.17. The Morgan fingerprint density at radius 1 is 1.27 bits per heavy atom. The fraction of sp³-hybridized carbons (Fsp3) is 0.500. The smallest absolute Gasteiger partial charge is 0.317 e. The van der Waals surface area contributed by atoms with Crippen LogP contribution in [0.15, 0.2) is 24.3 Å². The van der Waals surface area contributed by atoms with Crippen LogP contribution in [0.25, 0.3) is 0 Å². The fourth-order valence-electron chi connectivity index (χ4n) is 2.40. The predicted octanol–water partition coefficient (Wildman–Crippen LogP) is 1.88. The maximum Gasteiger partial charge on any atom is 0.317 e. The van der Waals surface area contributed by atoms with Crippen LogP contribution >= 0.6 is 0 Å². The summed E-state index contributed by atoms with van der Waals surface area (Å²) in [5.74, 6) is -0.317. The first kappa shape index (κ1) is 16.1. The van der Waals surface area contributed by atoms with E-state index in [0.29, 0.717) is 39.1 Å². The third-order valence-electron chi connectivity index (χ3n) is 3.80. The number of carbonyl (C=O) groups is 2. The molecule has 1 aromatic rings. The Morgan fingerprint density at radius 3 is 2.50 bits per heavy atom. The van der Waals surface area contributed by atoms with Gasteiger partial charge in [0, 0.05) is 13.1 Å². The average Bonchev–Trinajstić information content (AvgIpc) is 2.53. The van der Waals surface area contributed by atoms with Crippen molar-refractivity contribution in [1.82, 2.24) is 10.2 Å². The number of aliphatic carboxylic acids is 1. The second kappa shape index (κ2) is 7.68. The molecule has 1 aliphatic heterocycles. The van der Waals surface area contributed by atoms with E-state index in [0.717, 1.165) is 5.75 Å². The molecular formula is C16H22N2O4. The zero-order chi connectivity index (χ0) is 15.9. The molecule has 1 aromatic carbocycles. The van der Waals surface area contributed by atoms with E-state index in [1.807, 2.05) is 31.2 Å². The third kappa shape index (κ3) is 4.65. The van der Waals surface area contributed by atoms with Crippen LogP contribution in [0.2, 0.25) is 0 Å². The van der Waals surface area contributed by atoms with Crippen molar-refractivity contribution in [3.05, 3.63) is 29.8 Å². The van der Waals surface area contributed by atoms with Gasteiger partial charge in [-0.15, -0.1) is 0 Å². The van der Waals surface area contributed by atoms with Crippen LogP contribution in [-0.4, -0.2) is 48.2 Å². The third-order valence-corrected chi connectivity index (χ3v) is 3.80. The van der Waals surface area contributed by atoms with Crippen molar-refractivity contribution >= 4 is 12.0 Å². The van der Waals surface area contributed by atoms with Crippen LogP contribution < -0.4 is 10.1 Å². The number of amides is 2. The number of carboxylic acids is 1.